The number of rotatable bonds is 4. The summed E-state index contributed by atoms with van der Waals surface area (Å²) in [5.74, 6) is 1.51. The van der Waals surface area contributed by atoms with Crippen LogP contribution in [0, 0.1) is 28.1 Å². The molecule has 1 aromatic heterocycles. The number of nitrogens with zero attached hydrogens (tertiary/aromatic N) is 4. The first-order valence-corrected chi connectivity index (χ1v) is 7.64. The minimum atomic E-state index is -0.239. The maximum Gasteiger partial charge on any atom is 0.138 e. The Morgan fingerprint density at radius 3 is 2.50 bits per heavy atom. The van der Waals surface area contributed by atoms with Gasteiger partial charge in [0.2, 0.25) is 0 Å². The van der Waals surface area contributed by atoms with Crippen LogP contribution >= 0.6 is 0 Å². The molecule has 110 valence electrons. The van der Waals surface area contributed by atoms with Gasteiger partial charge in [0.05, 0.1) is 11.5 Å². The molecule has 0 saturated heterocycles. The molecule has 20 heavy (non-hydrogen) atoms. The lowest BCUT2D eigenvalue weighted by molar-refractivity contribution is 0.143. The van der Waals surface area contributed by atoms with Gasteiger partial charge >= 0.3 is 0 Å². The Morgan fingerprint density at radius 1 is 1.30 bits per heavy atom. The zero-order valence-electron chi connectivity index (χ0n) is 13.2. The van der Waals surface area contributed by atoms with E-state index in [0.29, 0.717) is 11.3 Å². The summed E-state index contributed by atoms with van der Waals surface area (Å²) in [4.78, 5) is 4.39. The average Bonchev–Trinajstić information content (AvgIpc) is 2.79. The van der Waals surface area contributed by atoms with Crippen molar-refractivity contribution in [3.8, 4) is 6.07 Å². The van der Waals surface area contributed by atoms with Gasteiger partial charge in [0, 0.05) is 13.0 Å². The fraction of sp³-hybridized carbons (Fsp3) is 0.812. The average molecular weight is 274 g/mol. The number of nitriles is 1. The molecule has 0 aliphatic heterocycles. The highest BCUT2D eigenvalue weighted by atomic mass is 15.3. The molecule has 0 aromatic carbocycles. The van der Waals surface area contributed by atoms with Crippen molar-refractivity contribution in [3.63, 3.8) is 0 Å². The summed E-state index contributed by atoms with van der Waals surface area (Å²) in [7, 11) is 0. The number of hydrogen-bond acceptors (Lipinski definition) is 3. The largest absolute Gasteiger partial charge is 0.250 e. The SMILES string of the molecule is CC(C)Cn1ncnc1CC1(C#N)CCC(C)(C)CC1. The maximum absolute atomic E-state index is 9.68. The van der Waals surface area contributed by atoms with E-state index in [0.717, 1.165) is 44.5 Å². The van der Waals surface area contributed by atoms with E-state index in [2.05, 4.69) is 43.8 Å². The number of aromatic nitrogens is 3. The van der Waals surface area contributed by atoms with Gasteiger partial charge in [0.1, 0.15) is 12.2 Å². The zero-order chi connectivity index (χ0) is 14.8. The van der Waals surface area contributed by atoms with Gasteiger partial charge in [-0.15, -0.1) is 0 Å². The Hall–Kier alpha value is -1.37. The second-order valence-electron chi connectivity index (χ2n) is 7.49. The van der Waals surface area contributed by atoms with Crippen LogP contribution in [0.25, 0.3) is 0 Å². The topological polar surface area (TPSA) is 54.5 Å². The van der Waals surface area contributed by atoms with E-state index >= 15 is 0 Å². The lowest BCUT2D eigenvalue weighted by Gasteiger charge is -2.39. The molecule has 0 amide bonds. The summed E-state index contributed by atoms with van der Waals surface area (Å²) < 4.78 is 1.98. The van der Waals surface area contributed by atoms with Crippen molar-refractivity contribution in [1.29, 1.82) is 5.26 Å². The fourth-order valence-corrected chi connectivity index (χ4v) is 2.96. The molecule has 0 bridgehead atoms. The fourth-order valence-electron chi connectivity index (χ4n) is 2.96. The highest BCUT2D eigenvalue weighted by Crippen LogP contribution is 2.46. The van der Waals surface area contributed by atoms with Crippen LogP contribution in [0.1, 0.15) is 59.2 Å². The van der Waals surface area contributed by atoms with Crippen LogP contribution in [0.5, 0.6) is 0 Å². The van der Waals surface area contributed by atoms with Crippen LogP contribution in [0.2, 0.25) is 0 Å². The molecule has 1 aliphatic carbocycles. The standard InChI is InChI=1S/C16H26N4/c1-13(2)10-20-14(18-12-19-20)9-16(11-17)7-5-15(3,4)6-8-16/h12-13H,5-10H2,1-4H3. The van der Waals surface area contributed by atoms with Gasteiger partial charge in [-0.05, 0) is 37.0 Å². The van der Waals surface area contributed by atoms with Crippen LogP contribution in [0.3, 0.4) is 0 Å². The summed E-state index contributed by atoms with van der Waals surface area (Å²) in [6.07, 6.45) is 6.57. The van der Waals surface area contributed by atoms with E-state index in [-0.39, 0.29) is 5.41 Å². The van der Waals surface area contributed by atoms with Gasteiger partial charge in [0.25, 0.3) is 0 Å². The molecule has 0 atom stereocenters. The van der Waals surface area contributed by atoms with Crippen molar-refractivity contribution in [1.82, 2.24) is 14.8 Å². The summed E-state index contributed by atoms with van der Waals surface area (Å²) in [6, 6.07) is 2.59. The van der Waals surface area contributed by atoms with Crippen LogP contribution in [-0.4, -0.2) is 14.8 Å². The molecule has 1 aromatic rings. The third-order valence-electron chi connectivity index (χ3n) is 4.53. The minimum absolute atomic E-state index is 0.239. The van der Waals surface area contributed by atoms with Gasteiger partial charge in [-0.2, -0.15) is 10.4 Å². The molecule has 4 nitrogen and oxygen atoms in total. The van der Waals surface area contributed by atoms with Crippen molar-refractivity contribution in [2.75, 3.05) is 0 Å². The van der Waals surface area contributed by atoms with Crippen molar-refractivity contribution in [2.45, 2.75) is 66.3 Å². The molecule has 0 N–H and O–H groups in total. The van der Waals surface area contributed by atoms with Crippen LogP contribution in [-0.2, 0) is 13.0 Å². The molecule has 1 heterocycles. The Bertz CT molecular complexity index is 483. The van der Waals surface area contributed by atoms with Crippen molar-refractivity contribution < 1.29 is 0 Å². The van der Waals surface area contributed by atoms with E-state index in [1.807, 2.05) is 4.68 Å². The summed E-state index contributed by atoms with van der Waals surface area (Å²) in [5, 5.41) is 14.0. The quantitative estimate of drug-likeness (QED) is 0.843. The lowest BCUT2D eigenvalue weighted by Crippen LogP contribution is -2.33. The zero-order valence-corrected chi connectivity index (χ0v) is 13.2. The molecular weight excluding hydrogens is 248 g/mol. The molecule has 1 saturated carbocycles. The summed E-state index contributed by atoms with van der Waals surface area (Å²) >= 11 is 0. The summed E-state index contributed by atoms with van der Waals surface area (Å²) in [6.45, 7) is 9.83. The Labute approximate surface area is 122 Å². The molecule has 1 fully saturated rings. The first-order chi connectivity index (χ1) is 9.36. The lowest BCUT2D eigenvalue weighted by atomic mass is 9.64. The van der Waals surface area contributed by atoms with Gasteiger partial charge in [-0.1, -0.05) is 27.7 Å². The molecule has 1 aliphatic rings. The number of hydrogen-bond donors (Lipinski definition) is 0. The Kier molecular flexibility index (Phi) is 4.17. The highest BCUT2D eigenvalue weighted by Gasteiger charge is 2.39. The maximum atomic E-state index is 9.68. The smallest absolute Gasteiger partial charge is 0.138 e. The van der Waals surface area contributed by atoms with Crippen LogP contribution in [0.15, 0.2) is 6.33 Å². The second-order valence-corrected chi connectivity index (χ2v) is 7.49. The van der Waals surface area contributed by atoms with E-state index in [1.54, 1.807) is 6.33 Å². The van der Waals surface area contributed by atoms with Gasteiger partial charge in [-0.3, -0.25) is 0 Å². The minimum Gasteiger partial charge on any atom is -0.250 e. The molecule has 0 radical (unpaired) electrons. The predicted octanol–water partition coefficient (Wildman–Crippen LogP) is 3.59. The van der Waals surface area contributed by atoms with Crippen LogP contribution in [0.4, 0.5) is 0 Å². The van der Waals surface area contributed by atoms with Crippen molar-refractivity contribution in [2.24, 2.45) is 16.7 Å². The van der Waals surface area contributed by atoms with Gasteiger partial charge in [0.15, 0.2) is 0 Å². The molecule has 0 unspecified atom stereocenters. The van der Waals surface area contributed by atoms with E-state index in [1.165, 1.54) is 0 Å². The Morgan fingerprint density at radius 2 is 1.95 bits per heavy atom. The van der Waals surface area contributed by atoms with Crippen LogP contribution < -0.4 is 0 Å². The Balaban J connectivity index is 2.12. The van der Waals surface area contributed by atoms with Gasteiger partial charge < -0.3 is 0 Å². The highest BCUT2D eigenvalue weighted by molar-refractivity contribution is 5.08. The normalized spacial score (nSPS) is 20.8. The monoisotopic (exact) mass is 274 g/mol. The van der Waals surface area contributed by atoms with E-state index in [9.17, 15) is 5.26 Å². The second kappa shape index (κ2) is 5.55. The van der Waals surface area contributed by atoms with Crippen molar-refractivity contribution in [3.05, 3.63) is 12.2 Å². The summed E-state index contributed by atoms with van der Waals surface area (Å²) in [5.41, 5.74) is 0.142. The third-order valence-corrected chi connectivity index (χ3v) is 4.53. The first kappa shape index (κ1) is 15.0. The third kappa shape index (κ3) is 3.39. The van der Waals surface area contributed by atoms with Gasteiger partial charge in [-0.25, -0.2) is 9.67 Å². The van der Waals surface area contributed by atoms with Crippen molar-refractivity contribution >= 4 is 0 Å². The van der Waals surface area contributed by atoms with E-state index in [4.69, 9.17) is 0 Å². The van der Waals surface area contributed by atoms with E-state index < -0.39 is 0 Å². The molecule has 2 rings (SSSR count). The molecule has 4 heteroatoms. The predicted molar refractivity (Wildman–Crippen MR) is 78.9 cm³/mol. The first-order valence-electron chi connectivity index (χ1n) is 7.64. The molecular formula is C16H26N4. The molecule has 0 spiro atoms.